The number of methoxy groups -OCH3 is 4. The lowest BCUT2D eigenvalue weighted by Gasteiger charge is -2.14. The summed E-state index contributed by atoms with van der Waals surface area (Å²) in [6, 6.07) is 3.94. The van der Waals surface area contributed by atoms with E-state index in [2.05, 4.69) is 10.2 Å². The van der Waals surface area contributed by atoms with Crippen molar-refractivity contribution < 1.29 is 37.0 Å². The third kappa shape index (κ3) is 4.35. The highest BCUT2D eigenvalue weighted by Crippen LogP contribution is 2.38. The fourth-order valence-corrected chi connectivity index (χ4v) is 4.38. The maximum Gasteiger partial charge on any atom is 0.349 e. The van der Waals surface area contributed by atoms with Gasteiger partial charge in [-0.1, -0.05) is 0 Å². The molecule has 0 unspecified atom stereocenters. The van der Waals surface area contributed by atoms with Crippen LogP contribution in [0.3, 0.4) is 0 Å². The van der Waals surface area contributed by atoms with E-state index in [4.69, 9.17) is 14.2 Å². The third-order valence-corrected chi connectivity index (χ3v) is 5.83. The van der Waals surface area contributed by atoms with Gasteiger partial charge in [0, 0.05) is 5.56 Å². The number of benzene rings is 1. The first-order valence-corrected chi connectivity index (χ1v) is 9.93. The van der Waals surface area contributed by atoms with Gasteiger partial charge in [-0.05, 0) is 23.6 Å². The van der Waals surface area contributed by atoms with E-state index in [0.29, 0.717) is 0 Å². The number of hydrogen-bond acceptors (Lipinski definition) is 9. The van der Waals surface area contributed by atoms with Gasteiger partial charge in [0.25, 0.3) is 15.9 Å². The van der Waals surface area contributed by atoms with E-state index in [1.807, 2.05) is 4.83 Å². The molecule has 0 aliphatic heterocycles. The molecule has 0 spiro atoms. The standard InChI is InChI=1S/C16H18N2O8S2/c1-23-10-7-9(8-11(24-2)13(10)25-3)15(19)17-18-28(21,22)12-5-6-27-14(12)16(20)26-4/h5-8,18H,1-4H3,(H,17,19). The SMILES string of the molecule is COC(=O)c1sccc1S(=O)(=O)NNC(=O)c1cc(OC)c(OC)c(OC)c1. The molecule has 0 fully saturated rings. The molecule has 1 heterocycles. The van der Waals surface area contributed by atoms with Gasteiger partial charge in [0.05, 0.1) is 28.4 Å². The number of carbonyl (C=O) groups excluding carboxylic acids is 2. The van der Waals surface area contributed by atoms with E-state index in [1.165, 1.54) is 44.9 Å². The van der Waals surface area contributed by atoms with Gasteiger partial charge < -0.3 is 18.9 Å². The zero-order valence-electron chi connectivity index (χ0n) is 15.4. The molecule has 28 heavy (non-hydrogen) atoms. The topological polar surface area (TPSA) is 129 Å². The van der Waals surface area contributed by atoms with E-state index in [-0.39, 0.29) is 32.6 Å². The van der Waals surface area contributed by atoms with Crippen molar-refractivity contribution in [3.8, 4) is 17.2 Å². The Balaban J connectivity index is 2.24. The minimum Gasteiger partial charge on any atom is -0.493 e. The van der Waals surface area contributed by atoms with Crippen LogP contribution in [0.25, 0.3) is 0 Å². The Morgan fingerprint density at radius 2 is 1.61 bits per heavy atom. The van der Waals surface area contributed by atoms with Crippen LogP contribution in [0.5, 0.6) is 17.2 Å². The maximum atomic E-state index is 12.4. The van der Waals surface area contributed by atoms with E-state index < -0.39 is 21.9 Å². The minimum atomic E-state index is -4.21. The molecular weight excluding hydrogens is 412 g/mol. The molecule has 152 valence electrons. The van der Waals surface area contributed by atoms with Crippen LogP contribution < -0.4 is 24.5 Å². The van der Waals surface area contributed by atoms with Gasteiger partial charge in [0.1, 0.15) is 9.77 Å². The quantitative estimate of drug-likeness (QED) is 0.472. The van der Waals surface area contributed by atoms with Gasteiger partial charge in [0.2, 0.25) is 5.75 Å². The third-order valence-electron chi connectivity index (χ3n) is 3.52. The van der Waals surface area contributed by atoms with Crippen molar-refractivity contribution in [1.82, 2.24) is 10.3 Å². The molecule has 12 heteroatoms. The average Bonchev–Trinajstić information content (AvgIpc) is 3.21. The zero-order chi connectivity index (χ0) is 20.9. The number of nitrogens with one attached hydrogen (secondary N) is 2. The Kier molecular flexibility index (Phi) is 6.83. The lowest BCUT2D eigenvalue weighted by atomic mass is 10.1. The second kappa shape index (κ2) is 8.91. The number of hydrazine groups is 1. The highest BCUT2D eigenvalue weighted by molar-refractivity contribution is 7.89. The second-order valence-electron chi connectivity index (χ2n) is 5.08. The Morgan fingerprint density at radius 3 is 2.11 bits per heavy atom. The molecule has 1 aromatic heterocycles. The number of hydrogen-bond donors (Lipinski definition) is 2. The average molecular weight is 430 g/mol. The molecule has 0 aliphatic carbocycles. The highest BCUT2D eigenvalue weighted by atomic mass is 32.2. The zero-order valence-corrected chi connectivity index (χ0v) is 17.0. The van der Waals surface area contributed by atoms with E-state index >= 15 is 0 Å². The van der Waals surface area contributed by atoms with Crippen LogP contribution in [-0.2, 0) is 14.8 Å². The van der Waals surface area contributed by atoms with Crippen molar-refractivity contribution in [2.24, 2.45) is 0 Å². The van der Waals surface area contributed by atoms with Gasteiger partial charge in [-0.2, -0.15) is 0 Å². The summed E-state index contributed by atoms with van der Waals surface area (Å²) in [5.74, 6) is -0.853. The Bertz CT molecular complexity index is 959. The summed E-state index contributed by atoms with van der Waals surface area (Å²) in [5, 5.41) is 1.42. The number of sulfonamides is 1. The molecular formula is C16H18N2O8S2. The molecule has 1 aromatic carbocycles. The van der Waals surface area contributed by atoms with Crippen molar-refractivity contribution in [3.63, 3.8) is 0 Å². The lowest BCUT2D eigenvalue weighted by Crippen LogP contribution is -2.41. The van der Waals surface area contributed by atoms with E-state index in [9.17, 15) is 18.0 Å². The van der Waals surface area contributed by atoms with Crippen molar-refractivity contribution in [2.75, 3.05) is 28.4 Å². The van der Waals surface area contributed by atoms with Gasteiger partial charge in [0.15, 0.2) is 11.5 Å². The molecule has 0 radical (unpaired) electrons. The number of amides is 1. The monoisotopic (exact) mass is 430 g/mol. The first kappa shape index (κ1) is 21.5. The molecule has 0 atom stereocenters. The number of thiophene rings is 1. The summed E-state index contributed by atoms with van der Waals surface area (Å²) in [5.41, 5.74) is 2.13. The van der Waals surface area contributed by atoms with Crippen molar-refractivity contribution >= 4 is 33.2 Å². The minimum absolute atomic E-state index is 0.0516. The largest absolute Gasteiger partial charge is 0.493 e. The Labute approximate surface area is 165 Å². The number of ether oxygens (including phenoxy) is 4. The van der Waals surface area contributed by atoms with Crippen molar-refractivity contribution in [1.29, 1.82) is 0 Å². The van der Waals surface area contributed by atoms with Crippen molar-refractivity contribution in [2.45, 2.75) is 4.90 Å². The number of rotatable bonds is 8. The van der Waals surface area contributed by atoms with Crippen molar-refractivity contribution in [3.05, 3.63) is 34.0 Å². The van der Waals surface area contributed by atoms with Crippen LogP contribution in [0.15, 0.2) is 28.5 Å². The predicted octanol–water partition coefficient (Wildman–Crippen LogP) is 1.18. The first-order chi connectivity index (χ1) is 13.3. The van der Waals surface area contributed by atoms with Crippen LogP contribution in [0.4, 0.5) is 0 Å². The molecule has 0 bridgehead atoms. The molecule has 2 aromatic rings. The number of esters is 1. The summed E-state index contributed by atoms with van der Waals surface area (Å²) in [7, 11) is 1.10. The Hall–Kier alpha value is -2.83. The molecule has 0 saturated carbocycles. The second-order valence-corrected chi connectivity index (χ2v) is 7.65. The van der Waals surface area contributed by atoms with Gasteiger partial charge in [-0.25, -0.2) is 13.2 Å². The van der Waals surface area contributed by atoms with Crippen LogP contribution >= 0.6 is 11.3 Å². The molecule has 2 rings (SSSR count). The summed E-state index contributed by atoms with van der Waals surface area (Å²) in [6.07, 6.45) is 0. The van der Waals surface area contributed by atoms with Gasteiger partial charge in [-0.3, -0.25) is 10.2 Å². The van der Waals surface area contributed by atoms with Crippen LogP contribution in [0.2, 0.25) is 0 Å². The predicted molar refractivity (Wildman–Crippen MR) is 99.5 cm³/mol. The van der Waals surface area contributed by atoms with Crippen LogP contribution in [0.1, 0.15) is 20.0 Å². The highest BCUT2D eigenvalue weighted by Gasteiger charge is 2.25. The van der Waals surface area contributed by atoms with Crippen LogP contribution in [-0.4, -0.2) is 48.7 Å². The summed E-state index contributed by atoms with van der Waals surface area (Å²) < 4.78 is 44.9. The molecule has 0 saturated heterocycles. The van der Waals surface area contributed by atoms with E-state index in [0.717, 1.165) is 18.4 Å². The van der Waals surface area contributed by atoms with E-state index in [1.54, 1.807) is 0 Å². The summed E-state index contributed by atoms with van der Waals surface area (Å²) in [4.78, 5) is 25.6. The smallest absolute Gasteiger partial charge is 0.349 e. The summed E-state index contributed by atoms with van der Waals surface area (Å²) in [6.45, 7) is 0. The molecule has 0 aliphatic rings. The fourth-order valence-electron chi connectivity index (χ4n) is 2.20. The first-order valence-electron chi connectivity index (χ1n) is 7.57. The van der Waals surface area contributed by atoms with Gasteiger partial charge in [-0.15, -0.1) is 16.2 Å². The number of carbonyl (C=O) groups is 2. The Morgan fingerprint density at radius 1 is 1.00 bits per heavy atom. The maximum absolute atomic E-state index is 12.4. The van der Waals surface area contributed by atoms with Crippen LogP contribution in [0, 0.1) is 0 Å². The molecule has 2 N–H and O–H groups in total. The normalized spacial score (nSPS) is 10.9. The fraction of sp³-hybridized carbons (Fsp3) is 0.250. The lowest BCUT2D eigenvalue weighted by molar-refractivity contribution is 0.0602. The molecule has 1 amide bonds. The van der Waals surface area contributed by atoms with Gasteiger partial charge >= 0.3 is 5.97 Å². The molecule has 10 nitrogen and oxygen atoms in total. The summed E-state index contributed by atoms with van der Waals surface area (Å²) >= 11 is 0.900.